The summed E-state index contributed by atoms with van der Waals surface area (Å²) < 4.78 is 29.1. The number of aliphatic carboxylic acids is 1. The molecule has 0 aromatic rings. The lowest BCUT2D eigenvalue weighted by Crippen LogP contribution is -2.45. The lowest BCUT2D eigenvalue weighted by molar-refractivity contribution is -0.144. The molecule has 0 aromatic carbocycles. The zero-order valence-corrected chi connectivity index (χ0v) is 7.36. The van der Waals surface area contributed by atoms with Crippen LogP contribution in [0, 0.1) is 0 Å². The first-order valence-corrected chi connectivity index (χ1v) is 5.04. The predicted molar refractivity (Wildman–Crippen MR) is 41.1 cm³/mol. The largest absolute Gasteiger partial charge is 0.479 e. The van der Waals surface area contributed by atoms with Crippen LogP contribution in [0.4, 0.5) is 0 Å². The average Bonchev–Trinajstić information content (AvgIpc) is 1.80. The topological polar surface area (TPSA) is 116 Å². The van der Waals surface area contributed by atoms with Gasteiger partial charge in [0.1, 0.15) is 0 Å². The maximum Gasteiger partial charge on any atom is 0.335 e. The molecule has 1 aliphatic rings. The normalized spacial score (nSPS) is 26.8. The van der Waals surface area contributed by atoms with Crippen LogP contribution >= 0.6 is 0 Å². The average molecular weight is 208 g/mol. The molecule has 13 heavy (non-hydrogen) atoms. The van der Waals surface area contributed by atoms with Gasteiger partial charge < -0.3 is 5.11 Å². The van der Waals surface area contributed by atoms with Gasteiger partial charge in [0.2, 0.25) is 0 Å². The number of hydrogen-bond acceptors (Lipinski definition) is 5. The van der Waals surface area contributed by atoms with E-state index in [9.17, 15) is 13.2 Å². The first-order chi connectivity index (χ1) is 5.86. The highest BCUT2D eigenvalue weighted by Crippen LogP contribution is 2.26. The maximum absolute atomic E-state index is 10.6. The Labute approximate surface area is 74.2 Å². The van der Waals surface area contributed by atoms with Crippen LogP contribution in [-0.4, -0.2) is 41.9 Å². The zero-order chi connectivity index (χ0) is 10.1. The lowest BCUT2D eigenvalue weighted by atomic mass is 9.96. The van der Waals surface area contributed by atoms with Crippen LogP contribution in [0.25, 0.3) is 0 Å². The minimum Gasteiger partial charge on any atom is -0.479 e. The summed E-state index contributed by atoms with van der Waals surface area (Å²) in [5, 5.41) is 15.4. The van der Waals surface area contributed by atoms with Crippen molar-refractivity contribution in [3.8, 4) is 0 Å². The number of nitrogens with zero attached hydrogens (tertiary/aromatic N) is 2. The number of azo groups is 1. The molecule has 0 bridgehead atoms. The second-order valence-corrected chi connectivity index (χ2v) is 4.34. The van der Waals surface area contributed by atoms with Crippen LogP contribution in [0.3, 0.4) is 0 Å². The second-order valence-electron chi connectivity index (χ2n) is 2.77. The Balaban J connectivity index is 2.62. The molecular weight excluding hydrogens is 200 g/mol. The molecule has 0 aromatic heterocycles. The highest BCUT2D eigenvalue weighted by molar-refractivity contribution is 7.85. The van der Waals surface area contributed by atoms with Gasteiger partial charge in [0.25, 0.3) is 10.1 Å². The van der Waals surface area contributed by atoms with Crippen molar-refractivity contribution in [2.75, 3.05) is 12.3 Å². The van der Waals surface area contributed by atoms with Crippen molar-refractivity contribution in [1.29, 1.82) is 0 Å². The SMILES string of the molecule is O=C(O)C1(CCS(=O)(=O)O)CN=N1. The molecule has 7 nitrogen and oxygen atoms in total. The Morgan fingerprint density at radius 1 is 1.54 bits per heavy atom. The molecule has 1 aliphatic heterocycles. The third-order valence-corrected chi connectivity index (χ3v) is 2.49. The predicted octanol–water partition coefficient (Wildman–Crippen LogP) is -0.446. The first-order valence-electron chi connectivity index (χ1n) is 3.43. The highest BCUT2D eigenvalue weighted by atomic mass is 32.2. The molecule has 0 fully saturated rings. The Kier molecular flexibility index (Phi) is 2.35. The van der Waals surface area contributed by atoms with E-state index in [2.05, 4.69) is 10.2 Å². The van der Waals surface area contributed by atoms with Crippen molar-refractivity contribution in [1.82, 2.24) is 0 Å². The molecule has 0 amide bonds. The Bertz CT molecular complexity index is 348. The van der Waals surface area contributed by atoms with Crippen LogP contribution in [0.5, 0.6) is 0 Å². The van der Waals surface area contributed by atoms with Crippen molar-refractivity contribution in [2.45, 2.75) is 12.0 Å². The minimum atomic E-state index is -4.13. The van der Waals surface area contributed by atoms with Crippen LogP contribution in [0.15, 0.2) is 10.2 Å². The summed E-state index contributed by atoms with van der Waals surface area (Å²) >= 11 is 0. The van der Waals surface area contributed by atoms with E-state index >= 15 is 0 Å². The fraction of sp³-hybridized carbons (Fsp3) is 0.800. The third-order valence-electron chi connectivity index (χ3n) is 1.77. The van der Waals surface area contributed by atoms with Crippen molar-refractivity contribution >= 4 is 16.1 Å². The van der Waals surface area contributed by atoms with Gasteiger partial charge >= 0.3 is 5.97 Å². The summed E-state index contributed by atoms with van der Waals surface area (Å²) in [6.45, 7) is -0.0299. The van der Waals surface area contributed by atoms with E-state index in [4.69, 9.17) is 9.66 Å². The summed E-state index contributed by atoms with van der Waals surface area (Å²) in [4.78, 5) is 10.6. The number of carboxylic acid groups (broad SMARTS) is 1. The van der Waals surface area contributed by atoms with E-state index < -0.39 is 27.4 Å². The van der Waals surface area contributed by atoms with Crippen LogP contribution < -0.4 is 0 Å². The molecule has 0 aliphatic carbocycles. The Morgan fingerprint density at radius 2 is 2.08 bits per heavy atom. The molecule has 74 valence electrons. The van der Waals surface area contributed by atoms with E-state index in [1.165, 1.54) is 0 Å². The lowest BCUT2D eigenvalue weighted by Gasteiger charge is -2.26. The number of carbonyl (C=O) groups is 1. The van der Waals surface area contributed by atoms with E-state index in [0.29, 0.717) is 0 Å². The van der Waals surface area contributed by atoms with Gasteiger partial charge in [-0.3, -0.25) is 4.55 Å². The number of rotatable bonds is 4. The van der Waals surface area contributed by atoms with Crippen LogP contribution in [0.2, 0.25) is 0 Å². The van der Waals surface area contributed by atoms with Gasteiger partial charge in [-0.2, -0.15) is 18.6 Å². The Hall–Kier alpha value is -1.02. The summed E-state index contributed by atoms with van der Waals surface area (Å²) in [5.41, 5.74) is -1.43. The maximum atomic E-state index is 10.6. The molecule has 1 atom stereocenters. The zero-order valence-electron chi connectivity index (χ0n) is 6.54. The van der Waals surface area contributed by atoms with Gasteiger partial charge in [-0.05, 0) is 0 Å². The summed E-state index contributed by atoms with van der Waals surface area (Å²) in [5.74, 6) is -1.83. The van der Waals surface area contributed by atoms with Crippen molar-refractivity contribution < 1.29 is 22.9 Å². The summed E-state index contributed by atoms with van der Waals surface area (Å²) in [7, 11) is -4.13. The van der Waals surface area contributed by atoms with E-state index in [1.54, 1.807) is 0 Å². The second kappa shape index (κ2) is 3.04. The molecule has 0 spiro atoms. The molecule has 1 heterocycles. The fourth-order valence-electron chi connectivity index (χ4n) is 0.886. The molecule has 0 saturated carbocycles. The highest BCUT2D eigenvalue weighted by Gasteiger charge is 2.44. The Morgan fingerprint density at radius 3 is 2.31 bits per heavy atom. The summed E-state index contributed by atoms with van der Waals surface area (Å²) in [6.07, 6.45) is -0.245. The molecule has 0 saturated heterocycles. The molecule has 0 radical (unpaired) electrons. The number of carboxylic acids is 1. The van der Waals surface area contributed by atoms with Crippen LogP contribution in [-0.2, 0) is 14.9 Å². The molecule has 8 heteroatoms. The van der Waals surface area contributed by atoms with E-state index in [-0.39, 0.29) is 13.0 Å². The van der Waals surface area contributed by atoms with Gasteiger partial charge in [-0.1, -0.05) is 0 Å². The van der Waals surface area contributed by atoms with Gasteiger partial charge in [0.05, 0.1) is 12.3 Å². The third kappa shape index (κ3) is 2.22. The van der Waals surface area contributed by atoms with Crippen molar-refractivity contribution in [2.24, 2.45) is 10.2 Å². The minimum absolute atomic E-state index is 0.0299. The monoisotopic (exact) mass is 208 g/mol. The molecule has 2 N–H and O–H groups in total. The summed E-state index contributed by atoms with van der Waals surface area (Å²) in [6, 6.07) is 0. The van der Waals surface area contributed by atoms with Crippen LogP contribution in [0.1, 0.15) is 6.42 Å². The smallest absolute Gasteiger partial charge is 0.335 e. The van der Waals surface area contributed by atoms with Gasteiger partial charge in [0.15, 0.2) is 5.54 Å². The quantitative estimate of drug-likeness (QED) is 0.607. The standard InChI is InChI=1S/C5H8N2O5S/c8-4(9)5(3-6-7-5)1-2-13(10,11)12/h1-3H2,(H,8,9)(H,10,11,12). The van der Waals surface area contributed by atoms with E-state index in [0.717, 1.165) is 0 Å². The molecule has 1 unspecified atom stereocenters. The van der Waals surface area contributed by atoms with Gasteiger partial charge in [0, 0.05) is 6.42 Å². The van der Waals surface area contributed by atoms with Crippen molar-refractivity contribution in [3.05, 3.63) is 0 Å². The molecule has 1 rings (SSSR count). The first kappa shape index (κ1) is 10.1. The fourth-order valence-corrected chi connectivity index (χ4v) is 1.48. The van der Waals surface area contributed by atoms with Gasteiger partial charge in [-0.25, -0.2) is 4.79 Å². The number of hydrogen-bond donors (Lipinski definition) is 2. The molecular formula is C5H8N2O5S. The van der Waals surface area contributed by atoms with Crippen molar-refractivity contribution in [3.63, 3.8) is 0 Å². The van der Waals surface area contributed by atoms with Gasteiger partial charge in [-0.15, -0.1) is 0 Å². The van der Waals surface area contributed by atoms with E-state index in [1.807, 2.05) is 0 Å².